The topological polar surface area (TPSA) is 65.5 Å². The third-order valence-electron chi connectivity index (χ3n) is 4.46. The third-order valence-corrected chi connectivity index (χ3v) is 4.46. The van der Waals surface area contributed by atoms with Crippen molar-refractivity contribution >= 4 is 5.91 Å². The number of aromatic nitrogens is 1. The van der Waals surface area contributed by atoms with E-state index in [2.05, 4.69) is 10.3 Å². The largest absolute Gasteiger partial charge is 0.379 e. The summed E-state index contributed by atoms with van der Waals surface area (Å²) < 4.78 is 13.0. The minimum absolute atomic E-state index is 0.195. The number of nitrogens with zero attached hydrogens (tertiary/aromatic N) is 2. The maximum absolute atomic E-state index is 13.0. The molecular formula is C19H22FN3O2. The standard InChI is InChI=1S/C19H22FN3O2/c20-17-6-4-15(5-7-17)13-23-10-2-8-19(25,18(23)24)14-22-12-16-3-1-9-21-11-16/h1,3-7,9,11,22,25H,2,8,10,12-14H2. The number of piperidine rings is 1. The molecule has 25 heavy (non-hydrogen) atoms. The van der Waals surface area contributed by atoms with Gasteiger partial charge in [0.15, 0.2) is 5.60 Å². The number of nitrogens with one attached hydrogen (secondary N) is 1. The number of carbonyl (C=O) groups is 1. The first-order valence-electron chi connectivity index (χ1n) is 8.43. The van der Waals surface area contributed by atoms with Crippen molar-refractivity contribution in [3.05, 3.63) is 65.7 Å². The van der Waals surface area contributed by atoms with E-state index in [0.717, 1.165) is 17.5 Å². The van der Waals surface area contributed by atoms with Crippen molar-refractivity contribution < 1.29 is 14.3 Å². The summed E-state index contributed by atoms with van der Waals surface area (Å²) in [6.45, 7) is 1.72. The van der Waals surface area contributed by atoms with Gasteiger partial charge in [-0.25, -0.2) is 4.39 Å². The van der Waals surface area contributed by atoms with Crippen LogP contribution in [0.25, 0.3) is 0 Å². The molecule has 0 saturated carbocycles. The van der Waals surface area contributed by atoms with Crippen molar-refractivity contribution in [2.75, 3.05) is 13.1 Å². The van der Waals surface area contributed by atoms with Crippen LogP contribution in [-0.2, 0) is 17.9 Å². The van der Waals surface area contributed by atoms with Crippen molar-refractivity contribution in [1.29, 1.82) is 0 Å². The summed E-state index contributed by atoms with van der Waals surface area (Å²) >= 11 is 0. The molecule has 2 aromatic rings. The Morgan fingerprint density at radius 2 is 2.04 bits per heavy atom. The van der Waals surface area contributed by atoms with Gasteiger partial charge in [-0.3, -0.25) is 9.78 Å². The monoisotopic (exact) mass is 343 g/mol. The van der Waals surface area contributed by atoms with Gasteiger partial charge >= 0.3 is 0 Å². The normalized spacial score (nSPS) is 20.7. The van der Waals surface area contributed by atoms with Crippen LogP contribution in [0.15, 0.2) is 48.8 Å². The van der Waals surface area contributed by atoms with E-state index in [0.29, 0.717) is 26.1 Å². The molecule has 5 nitrogen and oxygen atoms in total. The number of aliphatic hydroxyl groups is 1. The molecule has 0 radical (unpaired) electrons. The zero-order chi connectivity index (χ0) is 17.7. The summed E-state index contributed by atoms with van der Waals surface area (Å²) in [4.78, 5) is 18.4. The quantitative estimate of drug-likeness (QED) is 0.840. The van der Waals surface area contributed by atoms with Crippen LogP contribution in [0.5, 0.6) is 0 Å². The molecule has 0 bridgehead atoms. The molecular weight excluding hydrogens is 321 g/mol. The molecule has 1 unspecified atom stereocenters. The average molecular weight is 343 g/mol. The van der Waals surface area contributed by atoms with Crippen LogP contribution < -0.4 is 5.32 Å². The number of likely N-dealkylation sites (tertiary alicyclic amines) is 1. The van der Waals surface area contributed by atoms with E-state index in [4.69, 9.17) is 0 Å². The molecule has 2 N–H and O–H groups in total. The van der Waals surface area contributed by atoms with Gasteiger partial charge in [0, 0.05) is 38.6 Å². The first-order valence-corrected chi connectivity index (χ1v) is 8.43. The molecule has 1 amide bonds. The maximum Gasteiger partial charge on any atom is 0.256 e. The van der Waals surface area contributed by atoms with Gasteiger partial charge in [-0.15, -0.1) is 0 Å². The molecule has 1 aliphatic heterocycles. The van der Waals surface area contributed by atoms with E-state index in [1.54, 1.807) is 29.4 Å². The van der Waals surface area contributed by atoms with Gasteiger partial charge in [0.2, 0.25) is 0 Å². The first-order chi connectivity index (χ1) is 12.1. The Labute approximate surface area is 146 Å². The lowest BCUT2D eigenvalue weighted by molar-refractivity contribution is -0.157. The molecule has 6 heteroatoms. The van der Waals surface area contributed by atoms with Crippen molar-refractivity contribution in [3.8, 4) is 0 Å². The lowest BCUT2D eigenvalue weighted by atomic mass is 9.91. The van der Waals surface area contributed by atoms with Crippen LogP contribution in [0.4, 0.5) is 4.39 Å². The molecule has 0 aliphatic carbocycles. The highest BCUT2D eigenvalue weighted by atomic mass is 19.1. The van der Waals surface area contributed by atoms with Crippen molar-refractivity contribution in [1.82, 2.24) is 15.2 Å². The number of hydrogen-bond acceptors (Lipinski definition) is 4. The lowest BCUT2D eigenvalue weighted by Gasteiger charge is -2.38. The highest BCUT2D eigenvalue weighted by Crippen LogP contribution is 2.24. The van der Waals surface area contributed by atoms with Crippen molar-refractivity contribution in [2.45, 2.75) is 31.5 Å². The van der Waals surface area contributed by atoms with Gasteiger partial charge < -0.3 is 15.3 Å². The minimum atomic E-state index is -1.40. The molecule has 1 saturated heterocycles. The number of carbonyl (C=O) groups excluding carboxylic acids is 1. The summed E-state index contributed by atoms with van der Waals surface area (Å²) in [7, 11) is 0. The number of benzene rings is 1. The smallest absolute Gasteiger partial charge is 0.256 e. The Balaban J connectivity index is 1.59. The second kappa shape index (κ2) is 7.72. The van der Waals surface area contributed by atoms with Crippen LogP contribution in [0.2, 0.25) is 0 Å². The van der Waals surface area contributed by atoms with Gasteiger partial charge in [-0.1, -0.05) is 18.2 Å². The van der Waals surface area contributed by atoms with Crippen molar-refractivity contribution in [2.24, 2.45) is 0 Å². The van der Waals surface area contributed by atoms with Gasteiger partial charge in [-0.2, -0.15) is 0 Å². The zero-order valence-electron chi connectivity index (χ0n) is 14.0. The van der Waals surface area contributed by atoms with E-state index in [9.17, 15) is 14.3 Å². The minimum Gasteiger partial charge on any atom is -0.379 e. The van der Waals surface area contributed by atoms with E-state index in [1.165, 1.54) is 12.1 Å². The molecule has 1 aliphatic rings. The van der Waals surface area contributed by atoms with Crippen LogP contribution >= 0.6 is 0 Å². The molecule has 3 rings (SSSR count). The molecule has 1 atom stereocenters. The fourth-order valence-electron chi connectivity index (χ4n) is 3.11. The maximum atomic E-state index is 13.0. The fraction of sp³-hybridized carbons (Fsp3) is 0.368. The Kier molecular flexibility index (Phi) is 5.40. The molecule has 0 spiro atoms. The number of pyridine rings is 1. The van der Waals surface area contributed by atoms with Gasteiger partial charge in [0.1, 0.15) is 5.82 Å². The number of halogens is 1. The van der Waals surface area contributed by atoms with E-state index in [1.807, 2.05) is 12.1 Å². The molecule has 1 aromatic carbocycles. The Morgan fingerprint density at radius 1 is 1.24 bits per heavy atom. The predicted molar refractivity (Wildman–Crippen MR) is 91.9 cm³/mol. The van der Waals surface area contributed by atoms with Crippen LogP contribution in [-0.4, -0.2) is 39.6 Å². The molecule has 1 fully saturated rings. The van der Waals surface area contributed by atoms with E-state index < -0.39 is 5.60 Å². The zero-order valence-corrected chi connectivity index (χ0v) is 14.0. The first kappa shape index (κ1) is 17.5. The van der Waals surface area contributed by atoms with Gasteiger partial charge in [0.05, 0.1) is 0 Å². The average Bonchev–Trinajstić information content (AvgIpc) is 2.62. The third kappa shape index (κ3) is 4.41. The second-order valence-corrected chi connectivity index (χ2v) is 6.45. The lowest BCUT2D eigenvalue weighted by Crippen LogP contribution is -2.57. The Morgan fingerprint density at radius 3 is 2.76 bits per heavy atom. The van der Waals surface area contributed by atoms with Crippen molar-refractivity contribution in [3.63, 3.8) is 0 Å². The van der Waals surface area contributed by atoms with Gasteiger partial charge in [0.25, 0.3) is 5.91 Å². The SMILES string of the molecule is O=C1N(Cc2ccc(F)cc2)CCCC1(O)CNCc1cccnc1. The highest BCUT2D eigenvalue weighted by molar-refractivity contribution is 5.86. The predicted octanol–water partition coefficient (Wildman–Crippen LogP) is 1.86. The van der Waals surface area contributed by atoms with Crippen LogP contribution in [0.3, 0.4) is 0 Å². The highest BCUT2D eigenvalue weighted by Gasteiger charge is 2.41. The number of hydrogen-bond donors (Lipinski definition) is 2. The summed E-state index contributed by atoms with van der Waals surface area (Å²) in [5.41, 5.74) is 0.445. The summed E-state index contributed by atoms with van der Waals surface area (Å²) in [6, 6.07) is 9.88. The fourth-order valence-corrected chi connectivity index (χ4v) is 3.11. The Bertz CT molecular complexity index is 708. The summed E-state index contributed by atoms with van der Waals surface area (Å²) in [6.07, 6.45) is 4.62. The van der Waals surface area contributed by atoms with Gasteiger partial charge in [-0.05, 0) is 42.2 Å². The van der Waals surface area contributed by atoms with E-state index >= 15 is 0 Å². The molecule has 1 aromatic heterocycles. The number of amides is 1. The number of rotatable bonds is 6. The summed E-state index contributed by atoms with van der Waals surface area (Å²) in [5, 5.41) is 13.9. The van der Waals surface area contributed by atoms with Crippen LogP contribution in [0.1, 0.15) is 24.0 Å². The molecule has 2 heterocycles. The Hall–Kier alpha value is -2.31. The second-order valence-electron chi connectivity index (χ2n) is 6.45. The molecule has 132 valence electrons. The summed E-state index contributed by atoms with van der Waals surface area (Å²) in [5.74, 6) is -0.577. The van der Waals surface area contributed by atoms with Crippen LogP contribution in [0, 0.1) is 5.82 Å². The van der Waals surface area contributed by atoms with E-state index in [-0.39, 0.29) is 18.3 Å².